The summed E-state index contributed by atoms with van der Waals surface area (Å²) in [6.45, 7) is 1.01. The van der Waals surface area contributed by atoms with Gasteiger partial charge in [0.15, 0.2) is 11.0 Å². The van der Waals surface area contributed by atoms with Crippen LogP contribution in [0.25, 0.3) is 0 Å². The fraction of sp³-hybridized carbons (Fsp3) is 0.304. The molecule has 1 aliphatic rings. The quantitative estimate of drug-likeness (QED) is 0.306. The largest absolute Gasteiger partial charge is 0.497 e. The van der Waals surface area contributed by atoms with Crippen LogP contribution >= 0.6 is 11.8 Å². The van der Waals surface area contributed by atoms with Gasteiger partial charge < -0.3 is 9.47 Å². The molecule has 2 aromatic carbocycles. The Morgan fingerprint density at radius 1 is 1.03 bits per heavy atom. The number of benzene rings is 2. The number of anilines is 1. The van der Waals surface area contributed by atoms with E-state index in [0.717, 1.165) is 17.5 Å². The Bertz CT molecular complexity index is 1240. The van der Waals surface area contributed by atoms with E-state index >= 15 is 0 Å². The highest BCUT2D eigenvalue weighted by molar-refractivity contribution is 7.98. The lowest BCUT2D eigenvalue weighted by atomic mass is 10.2. The molecule has 34 heavy (non-hydrogen) atoms. The number of rotatable bonds is 10. The van der Waals surface area contributed by atoms with E-state index in [-0.39, 0.29) is 24.1 Å². The van der Waals surface area contributed by atoms with E-state index in [9.17, 15) is 12.8 Å². The van der Waals surface area contributed by atoms with Gasteiger partial charge in [-0.2, -0.15) is 17.7 Å². The highest BCUT2D eigenvalue weighted by Gasteiger charge is 2.35. The number of thioether (sulfide) groups is 1. The second-order valence-corrected chi connectivity index (χ2v) is 10.4. The summed E-state index contributed by atoms with van der Waals surface area (Å²) >= 11 is 1.27. The molecule has 0 spiro atoms. The van der Waals surface area contributed by atoms with Gasteiger partial charge in [0.05, 0.1) is 20.8 Å². The topological polar surface area (TPSA) is 84.9 Å². The number of hydrogen-bond donors (Lipinski definition) is 0. The second-order valence-electron chi connectivity index (χ2n) is 7.58. The Kier molecular flexibility index (Phi) is 7.54. The second kappa shape index (κ2) is 10.6. The van der Waals surface area contributed by atoms with Gasteiger partial charge in [0.2, 0.25) is 5.88 Å². The third-order valence-electron chi connectivity index (χ3n) is 5.30. The van der Waals surface area contributed by atoms with Crippen molar-refractivity contribution in [3.63, 3.8) is 0 Å². The number of aromatic nitrogens is 2. The lowest BCUT2D eigenvalue weighted by Gasteiger charge is -2.35. The van der Waals surface area contributed by atoms with Crippen LogP contribution in [0.3, 0.4) is 0 Å². The fourth-order valence-electron chi connectivity index (χ4n) is 3.30. The summed E-state index contributed by atoms with van der Waals surface area (Å²) < 4.78 is 53.7. The summed E-state index contributed by atoms with van der Waals surface area (Å²) in [4.78, 5) is 8.88. The molecule has 1 aromatic heterocycles. The first-order valence-electron chi connectivity index (χ1n) is 10.6. The van der Waals surface area contributed by atoms with Crippen LogP contribution in [0.15, 0.2) is 59.8 Å². The van der Waals surface area contributed by atoms with Gasteiger partial charge in [-0.05, 0) is 41.8 Å². The summed E-state index contributed by atoms with van der Waals surface area (Å²) in [5.74, 6) is 1.22. The van der Waals surface area contributed by atoms with Crippen molar-refractivity contribution < 1.29 is 22.3 Å². The van der Waals surface area contributed by atoms with E-state index < -0.39 is 10.2 Å². The maximum atomic E-state index is 13.5. The molecule has 2 heterocycles. The molecule has 0 atom stereocenters. The molecule has 0 N–H and O–H groups in total. The minimum absolute atomic E-state index is 0.0804. The maximum Gasteiger partial charge on any atom is 0.305 e. The summed E-state index contributed by atoms with van der Waals surface area (Å²) in [5.41, 5.74) is 1.54. The molecule has 0 radical (unpaired) electrons. The molecule has 180 valence electrons. The molecule has 0 saturated carbocycles. The predicted molar refractivity (Wildman–Crippen MR) is 129 cm³/mol. The summed E-state index contributed by atoms with van der Waals surface area (Å²) in [6.07, 6.45) is 0.817. The summed E-state index contributed by atoms with van der Waals surface area (Å²) in [5, 5.41) is 0.331. The number of hydrogen-bond acceptors (Lipinski definition) is 7. The van der Waals surface area contributed by atoms with Crippen LogP contribution in [-0.4, -0.2) is 50.0 Å². The van der Waals surface area contributed by atoms with E-state index in [2.05, 4.69) is 9.97 Å². The number of nitrogens with zero attached hydrogens (tertiary/aromatic N) is 4. The molecule has 1 aliphatic heterocycles. The van der Waals surface area contributed by atoms with Crippen molar-refractivity contribution in [3.05, 3.63) is 71.5 Å². The standard InChI is InChI=1S/C23H25FN4O4S2/c1-31-20-9-7-17(8-10-20)15-28(34(29,30)27-11-4-12-27)21-14-22(32-2)26-23(25-21)33-16-18-5-3-6-19(24)13-18/h3,5-10,13-14H,4,11-12,15-16H2,1-2H3. The SMILES string of the molecule is COc1ccc(CN(c2cc(OC)nc(SCc3cccc(F)c3)n2)S(=O)(=O)N2CCC2)cc1. The molecular weight excluding hydrogens is 479 g/mol. The van der Waals surface area contributed by atoms with Crippen LogP contribution in [0.4, 0.5) is 10.2 Å². The zero-order valence-corrected chi connectivity index (χ0v) is 20.5. The van der Waals surface area contributed by atoms with Crippen molar-refractivity contribution in [2.75, 3.05) is 31.6 Å². The fourth-order valence-corrected chi connectivity index (χ4v) is 5.73. The number of methoxy groups -OCH3 is 2. The van der Waals surface area contributed by atoms with E-state index in [0.29, 0.717) is 29.7 Å². The predicted octanol–water partition coefficient (Wildman–Crippen LogP) is 3.88. The van der Waals surface area contributed by atoms with Crippen LogP contribution < -0.4 is 13.8 Å². The van der Waals surface area contributed by atoms with Crippen LogP contribution in [0.5, 0.6) is 11.6 Å². The first kappa shape index (κ1) is 24.2. The zero-order valence-electron chi connectivity index (χ0n) is 18.8. The van der Waals surface area contributed by atoms with Gasteiger partial charge in [-0.1, -0.05) is 36.0 Å². The van der Waals surface area contributed by atoms with Gasteiger partial charge in [0.1, 0.15) is 11.6 Å². The van der Waals surface area contributed by atoms with Crippen molar-refractivity contribution >= 4 is 27.8 Å². The number of halogens is 1. The molecule has 0 aliphatic carbocycles. The van der Waals surface area contributed by atoms with Crippen molar-refractivity contribution in [1.29, 1.82) is 0 Å². The van der Waals surface area contributed by atoms with Gasteiger partial charge in [-0.25, -0.2) is 13.7 Å². The van der Waals surface area contributed by atoms with Crippen molar-refractivity contribution in [1.82, 2.24) is 14.3 Å². The molecular formula is C23H25FN4O4S2. The minimum Gasteiger partial charge on any atom is -0.497 e. The maximum absolute atomic E-state index is 13.5. The van der Waals surface area contributed by atoms with Gasteiger partial charge in [0, 0.05) is 24.9 Å². The van der Waals surface area contributed by atoms with Crippen molar-refractivity contribution in [3.8, 4) is 11.6 Å². The molecule has 11 heteroatoms. The lowest BCUT2D eigenvalue weighted by molar-refractivity contribution is 0.307. The molecule has 3 aromatic rings. The lowest BCUT2D eigenvalue weighted by Crippen LogP contribution is -2.50. The Hall–Kier alpha value is -2.89. The molecule has 0 bridgehead atoms. The summed E-state index contributed by atoms with van der Waals surface area (Å²) in [7, 11) is -0.777. The third-order valence-corrected chi connectivity index (χ3v) is 8.10. The molecule has 8 nitrogen and oxygen atoms in total. The van der Waals surface area contributed by atoms with E-state index in [1.165, 1.54) is 45.7 Å². The molecule has 4 rings (SSSR count). The van der Waals surface area contributed by atoms with Crippen LogP contribution in [0.2, 0.25) is 0 Å². The Morgan fingerprint density at radius 2 is 1.79 bits per heavy atom. The average molecular weight is 505 g/mol. The molecule has 1 fully saturated rings. The minimum atomic E-state index is -3.81. The van der Waals surface area contributed by atoms with E-state index in [4.69, 9.17) is 9.47 Å². The molecule has 1 saturated heterocycles. The van der Waals surface area contributed by atoms with Gasteiger partial charge in [-0.3, -0.25) is 0 Å². The van der Waals surface area contributed by atoms with Crippen LogP contribution in [0.1, 0.15) is 17.5 Å². The zero-order chi connectivity index (χ0) is 24.1. The monoisotopic (exact) mass is 504 g/mol. The normalized spacial score (nSPS) is 13.9. The van der Waals surface area contributed by atoms with Crippen LogP contribution in [-0.2, 0) is 22.5 Å². The average Bonchev–Trinajstić information content (AvgIpc) is 2.80. The van der Waals surface area contributed by atoms with Crippen molar-refractivity contribution in [2.45, 2.75) is 23.9 Å². The Balaban J connectivity index is 1.66. The van der Waals surface area contributed by atoms with Gasteiger partial charge in [0.25, 0.3) is 0 Å². The van der Waals surface area contributed by atoms with E-state index in [1.807, 2.05) is 18.2 Å². The highest BCUT2D eigenvalue weighted by Crippen LogP contribution is 2.30. The summed E-state index contributed by atoms with van der Waals surface area (Å²) in [6, 6.07) is 15.0. The smallest absolute Gasteiger partial charge is 0.305 e. The molecule has 0 unspecified atom stereocenters. The van der Waals surface area contributed by atoms with Crippen LogP contribution in [0, 0.1) is 5.82 Å². The van der Waals surface area contributed by atoms with Gasteiger partial charge in [-0.15, -0.1) is 0 Å². The number of ether oxygens (including phenoxy) is 2. The van der Waals surface area contributed by atoms with Crippen molar-refractivity contribution in [2.24, 2.45) is 0 Å². The third kappa shape index (κ3) is 5.60. The molecule has 0 amide bonds. The van der Waals surface area contributed by atoms with Gasteiger partial charge >= 0.3 is 10.2 Å². The Labute approximate surface area is 202 Å². The first-order chi connectivity index (χ1) is 16.4. The van der Waals surface area contributed by atoms with E-state index in [1.54, 1.807) is 25.3 Å². The highest BCUT2D eigenvalue weighted by atomic mass is 32.2. The first-order valence-corrected chi connectivity index (χ1v) is 13.0. The Morgan fingerprint density at radius 3 is 2.41 bits per heavy atom.